The Labute approximate surface area is 107 Å². The molecule has 0 fully saturated rings. The minimum Gasteiger partial charge on any atom is -0.466 e. The Balaban J connectivity index is 4.51. The van der Waals surface area contributed by atoms with Crippen molar-refractivity contribution in [1.29, 1.82) is 0 Å². The molecule has 0 radical (unpaired) electrons. The molecule has 6 heteroatoms. The van der Waals surface area contributed by atoms with Crippen LogP contribution in [0.2, 0.25) is 0 Å². The van der Waals surface area contributed by atoms with Crippen LogP contribution in [0.1, 0.15) is 27.2 Å². The van der Waals surface area contributed by atoms with Crippen LogP contribution in [0.3, 0.4) is 0 Å². The summed E-state index contributed by atoms with van der Waals surface area (Å²) in [6.07, 6.45) is 1.94. The number of carbonyl (C=O) groups is 3. The number of hydrogen-bond acceptors (Lipinski definition) is 4. The van der Waals surface area contributed by atoms with E-state index in [9.17, 15) is 14.4 Å². The van der Waals surface area contributed by atoms with Crippen LogP contribution in [0, 0.1) is 0 Å². The SMILES string of the molecule is C=C[C@@H](NC(C)=O)[C@@H](CCOC(C)=O)NC(C)=O. The van der Waals surface area contributed by atoms with Crippen molar-refractivity contribution in [3.63, 3.8) is 0 Å². The lowest BCUT2D eigenvalue weighted by molar-refractivity contribution is -0.141. The van der Waals surface area contributed by atoms with E-state index in [1.807, 2.05) is 0 Å². The van der Waals surface area contributed by atoms with E-state index in [1.54, 1.807) is 0 Å². The van der Waals surface area contributed by atoms with Gasteiger partial charge in [-0.25, -0.2) is 0 Å². The number of ether oxygens (including phenoxy) is 1. The number of rotatable bonds is 7. The van der Waals surface area contributed by atoms with Crippen molar-refractivity contribution in [2.24, 2.45) is 0 Å². The summed E-state index contributed by atoms with van der Waals surface area (Å²) >= 11 is 0. The third-order valence-electron chi connectivity index (χ3n) is 2.18. The molecule has 0 aromatic rings. The number of amides is 2. The molecule has 0 aromatic carbocycles. The molecule has 0 aliphatic rings. The molecule has 0 saturated carbocycles. The standard InChI is InChI=1S/C12H20N2O4/c1-5-11(13-8(2)15)12(14-9(3)16)6-7-18-10(4)17/h5,11-12H,1,6-7H2,2-4H3,(H,13,15)(H,14,16)/t11-,12-/m1/s1. The molecular formula is C12H20N2O4. The Kier molecular flexibility index (Phi) is 7.42. The monoisotopic (exact) mass is 256 g/mol. The van der Waals surface area contributed by atoms with Crippen molar-refractivity contribution in [2.45, 2.75) is 39.3 Å². The molecule has 0 aromatic heterocycles. The fraction of sp³-hybridized carbons (Fsp3) is 0.583. The summed E-state index contributed by atoms with van der Waals surface area (Å²) in [5.74, 6) is -0.825. The van der Waals surface area contributed by atoms with E-state index in [0.717, 1.165) is 0 Å². The first-order valence-corrected chi connectivity index (χ1v) is 5.67. The zero-order valence-corrected chi connectivity index (χ0v) is 11.0. The fourth-order valence-electron chi connectivity index (χ4n) is 1.49. The Morgan fingerprint density at radius 3 is 2.11 bits per heavy atom. The molecule has 18 heavy (non-hydrogen) atoms. The topological polar surface area (TPSA) is 84.5 Å². The lowest BCUT2D eigenvalue weighted by atomic mass is 10.0. The van der Waals surface area contributed by atoms with Crippen molar-refractivity contribution < 1.29 is 19.1 Å². The third-order valence-corrected chi connectivity index (χ3v) is 2.18. The van der Waals surface area contributed by atoms with Crippen molar-refractivity contribution >= 4 is 17.8 Å². The summed E-state index contributed by atoms with van der Waals surface area (Å²) in [5.41, 5.74) is 0. The molecule has 0 aliphatic heterocycles. The maximum Gasteiger partial charge on any atom is 0.302 e. The zero-order valence-electron chi connectivity index (χ0n) is 11.0. The molecule has 0 aliphatic carbocycles. The van der Waals surface area contributed by atoms with Crippen LogP contribution >= 0.6 is 0 Å². The summed E-state index contributed by atoms with van der Waals surface area (Å²) < 4.78 is 4.82. The summed E-state index contributed by atoms with van der Waals surface area (Å²) in [5, 5.41) is 5.35. The van der Waals surface area contributed by atoms with Gasteiger partial charge in [-0.05, 0) is 0 Å². The number of nitrogens with one attached hydrogen (secondary N) is 2. The van der Waals surface area contributed by atoms with Gasteiger partial charge < -0.3 is 15.4 Å². The Morgan fingerprint density at radius 2 is 1.72 bits per heavy atom. The second kappa shape index (κ2) is 8.27. The van der Waals surface area contributed by atoms with Gasteiger partial charge >= 0.3 is 5.97 Å². The zero-order chi connectivity index (χ0) is 14.1. The van der Waals surface area contributed by atoms with E-state index in [2.05, 4.69) is 17.2 Å². The van der Waals surface area contributed by atoms with Gasteiger partial charge in [-0.1, -0.05) is 6.08 Å². The molecular weight excluding hydrogens is 236 g/mol. The predicted octanol–water partition coefficient (Wildman–Crippen LogP) is 0.135. The Morgan fingerprint density at radius 1 is 1.17 bits per heavy atom. The van der Waals surface area contributed by atoms with E-state index < -0.39 is 6.04 Å². The van der Waals surface area contributed by atoms with Crippen molar-refractivity contribution in [2.75, 3.05) is 6.61 Å². The van der Waals surface area contributed by atoms with Gasteiger partial charge in [-0.3, -0.25) is 14.4 Å². The largest absolute Gasteiger partial charge is 0.466 e. The average Bonchev–Trinajstić information content (AvgIpc) is 2.23. The highest BCUT2D eigenvalue weighted by atomic mass is 16.5. The van der Waals surface area contributed by atoms with Crippen molar-refractivity contribution in [3.8, 4) is 0 Å². The Hall–Kier alpha value is -1.85. The van der Waals surface area contributed by atoms with Gasteiger partial charge in [0, 0.05) is 27.2 Å². The van der Waals surface area contributed by atoms with Gasteiger partial charge in [0.1, 0.15) is 0 Å². The maximum atomic E-state index is 11.1. The fourth-order valence-corrected chi connectivity index (χ4v) is 1.49. The maximum absolute atomic E-state index is 11.1. The van der Waals surface area contributed by atoms with E-state index >= 15 is 0 Å². The van der Waals surface area contributed by atoms with Gasteiger partial charge in [0.25, 0.3) is 0 Å². The molecule has 102 valence electrons. The molecule has 2 N–H and O–H groups in total. The van der Waals surface area contributed by atoms with E-state index in [0.29, 0.717) is 6.42 Å². The Bertz CT molecular complexity index is 328. The molecule has 2 amide bonds. The second-order valence-corrected chi connectivity index (χ2v) is 3.90. The quantitative estimate of drug-likeness (QED) is 0.501. The normalized spacial score (nSPS) is 13.1. The first-order valence-electron chi connectivity index (χ1n) is 5.67. The summed E-state index contributed by atoms with van der Waals surface area (Å²) in [4.78, 5) is 32.8. The summed E-state index contributed by atoms with van der Waals surface area (Å²) in [6, 6.07) is -0.759. The van der Waals surface area contributed by atoms with Crippen LogP contribution in [0.4, 0.5) is 0 Å². The van der Waals surface area contributed by atoms with Crippen LogP contribution in [-0.4, -0.2) is 36.5 Å². The van der Waals surface area contributed by atoms with Crippen LogP contribution in [0.5, 0.6) is 0 Å². The highest BCUT2D eigenvalue weighted by molar-refractivity contribution is 5.75. The highest BCUT2D eigenvalue weighted by Gasteiger charge is 2.20. The molecule has 2 atom stereocenters. The van der Waals surface area contributed by atoms with Crippen LogP contribution < -0.4 is 10.6 Å². The van der Waals surface area contributed by atoms with Gasteiger partial charge in [0.15, 0.2) is 0 Å². The number of carbonyl (C=O) groups excluding carboxylic acids is 3. The van der Waals surface area contributed by atoms with E-state index in [4.69, 9.17) is 4.74 Å². The van der Waals surface area contributed by atoms with E-state index in [-0.39, 0.29) is 30.4 Å². The smallest absolute Gasteiger partial charge is 0.302 e. The van der Waals surface area contributed by atoms with Crippen molar-refractivity contribution in [3.05, 3.63) is 12.7 Å². The average molecular weight is 256 g/mol. The molecule has 0 spiro atoms. The van der Waals surface area contributed by atoms with Gasteiger partial charge in [-0.2, -0.15) is 0 Å². The molecule has 0 bridgehead atoms. The van der Waals surface area contributed by atoms with Crippen LogP contribution in [0.15, 0.2) is 12.7 Å². The van der Waals surface area contributed by atoms with Gasteiger partial charge in [0.05, 0.1) is 18.7 Å². The molecule has 0 saturated heterocycles. The minimum absolute atomic E-state index is 0.171. The molecule has 6 nitrogen and oxygen atoms in total. The molecule has 0 unspecified atom stereocenters. The number of hydrogen-bond donors (Lipinski definition) is 2. The first-order chi connectivity index (χ1) is 8.36. The summed E-state index contributed by atoms with van der Waals surface area (Å²) in [7, 11) is 0. The van der Waals surface area contributed by atoms with Crippen molar-refractivity contribution in [1.82, 2.24) is 10.6 Å². The second-order valence-electron chi connectivity index (χ2n) is 3.90. The van der Waals surface area contributed by atoms with Gasteiger partial charge in [0.2, 0.25) is 11.8 Å². The minimum atomic E-state index is -0.401. The van der Waals surface area contributed by atoms with Crippen LogP contribution in [-0.2, 0) is 19.1 Å². The first kappa shape index (κ1) is 16.1. The van der Waals surface area contributed by atoms with Gasteiger partial charge in [-0.15, -0.1) is 6.58 Å². The highest BCUT2D eigenvalue weighted by Crippen LogP contribution is 2.02. The summed E-state index contributed by atoms with van der Waals surface area (Å²) in [6.45, 7) is 7.86. The lowest BCUT2D eigenvalue weighted by Crippen LogP contribution is -2.50. The van der Waals surface area contributed by atoms with E-state index in [1.165, 1.54) is 26.8 Å². The molecule has 0 heterocycles. The third kappa shape index (κ3) is 7.43. The lowest BCUT2D eigenvalue weighted by Gasteiger charge is -2.25. The van der Waals surface area contributed by atoms with Crippen LogP contribution in [0.25, 0.3) is 0 Å². The molecule has 0 rings (SSSR count). The predicted molar refractivity (Wildman–Crippen MR) is 66.7 cm³/mol. The number of esters is 1.